The summed E-state index contributed by atoms with van der Waals surface area (Å²) >= 11 is 0. The van der Waals surface area contributed by atoms with Crippen LogP contribution in [0.4, 0.5) is 10.1 Å². The molecular formula is C13H15FN2O4S. The molecule has 1 N–H and O–H groups in total. The fourth-order valence-corrected chi connectivity index (χ4v) is 2.75. The number of esters is 1. The molecule has 0 aliphatic heterocycles. The Labute approximate surface area is 122 Å². The number of benzene rings is 1. The standard InChI is InChI=1S/C13H15FN2O4S/c1-9-11(14)6-10(8-15)7-12(9)16-21(18,19)5-3-4-13(17)20-2/h6-7,16H,3-5H2,1-2H3. The average Bonchev–Trinajstić information content (AvgIpc) is 2.42. The number of sulfonamides is 1. The zero-order chi connectivity index (χ0) is 16.0. The smallest absolute Gasteiger partial charge is 0.305 e. The van der Waals surface area contributed by atoms with Crippen molar-refractivity contribution in [2.45, 2.75) is 19.8 Å². The van der Waals surface area contributed by atoms with Gasteiger partial charge in [0.2, 0.25) is 10.0 Å². The number of hydrogen-bond acceptors (Lipinski definition) is 5. The predicted molar refractivity (Wildman–Crippen MR) is 74.5 cm³/mol. The summed E-state index contributed by atoms with van der Waals surface area (Å²) in [5.74, 6) is -1.47. The van der Waals surface area contributed by atoms with Crippen LogP contribution in [0, 0.1) is 24.1 Å². The van der Waals surface area contributed by atoms with Crippen molar-refractivity contribution in [2.75, 3.05) is 17.6 Å². The Morgan fingerprint density at radius 3 is 2.71 bits per heavy atom. The number of hydrogen-bond donors (Lipinski definition) is 1. The highest BCUT2D eigenvalue weighted by molar-refractivity contribution is 7.92. The van der Waals surface area contributed by atoms with E-state index < -0.39 is 21.8 Å². The minimum absolute atomic E-state index is 0.0182. The van der Waals surface area contributed by atoms with E-state index >= 15 is 0 Å². The summed E-state index contributed by atoms with van der Waals surface area (Å²) in [6.07, 6.45) is 0.0600. The van der Waals surface area contributed by atoms with E-state index in [-0.39, 0.29) is 35.4 Å². The Morgan fingerprint density at radius 2 is 2.14 bits per heavy atom. The Kier molecular flexibility index (Phi) is 5.67. The molecule has 0 fully saturated rings. The van der Waals surface area contributed by atoms with Crippen LogP contribution in [-0.4, -0.2) is 27.2 Å². The van der Waals surface area contributed by atoms with Gasteiger partial charge >= 0.3 is 5.97 Å². The van der Waals surface area contributed by atoms with Gasteiger partial charge in [-0.2, -0.15) is 5.26 Å². The molecule has 0 heterocycles. The lowest BCUT2D eigenvalue weighted by atomic mass is 10.1. The van der Waals surface area contributed by atoms with Gasteiger partial charge in [0.1, 0.15) is 5.82 Å². The van der Waals surface area contributed by atoms with Crippen molar-refractivity contribution >= 4 is 21.7 Å². The van der Waals surface area contributed by atoms with E-state index in [4.69, 9.17) is 5.26 Å². The molecule has 6 nitrogen and oxygen atoms in total. The molecule has 0 aromatic heterocycles. The molecule has 0 radical (unpaired) electrons. The summed E-state index contributed by atoms with van der Waals surface area (Å²) in [4.78, 5) is 10.9. The Balaban J connectivity index is 2.83. The number of methoxy groups -OCH3 is 1. The van der Waals surface area contributed by atoms with Gasteiger partial charge in [-0.3, -0.25) is 9.52 Å². The van der Waals surface area contributed by atoms with Gasteiger partial charge in [0, 0.05) is 12.0 Å². The Morgan fingerprint density at radius 1 is 1.48 bits per heavy atom. The molecule has 0 aliphatic carbocycles. The van der Waals surface area contributed by atoms with Gasteiger partial charge in [-0.05, 0) is 25.5 Å². The van der Waals surface area contributed by atoms with Gasteiger partial charge in [-0.1, -0.05) is 0 Å². The number of rotatable bonds is 6. The lowest BCUT2D eigenvalue weighted by molar-refractivity contribution is -0.140. The second-order valence-corrected chi connectivity index (χ2v) is 6.18. The fraction of sp³-hybridized carbons (Fsp3) is 0.385. The molecule has 0 spiro atoms. The second-order valence-electron chi connectivity index (χ2n) is 4.34. The van der Waals surface area contributed by atoms with Gasteiger partial charge in [-0.25, -0.2) is 12.8 Å². The molecule has 114 valence electrons. The minimum atomic E-state index is -3.74. The summed E-state index contributed by atoms with van der Waals surface area (Å²) < 4.78 is 43.9. The van der Waals surface area contributed by atoms with Crippen molar-refractivity contribution in [3.05, 3.63) is 29.1 Å². The monoisotopic (exact) mass is 314 g/mol. The number of nitrogens with one attached hydrogen (secondary N) is 1. The average molecular weight is 314 g/mol. The maximum Gasteiger partial charge on any atom is 0.305 e. The van der Waals surface area contributed by atoms with Crippen molar-refractivity contribution in [1.82, 2.24) is 0 Å². The van der Waals surface area contributed by atoms with Crippen LogP contribution in [0.3, 0.4) is 0 Å². The normalized spacial score (nSPS) is 10.8. The summed E-state index contributed by atoms with van der Waals surface area (Å²) in [6, 6.07) is 4.04. The highest BCUT2D eigenvalue weighted by atomic mass is 32.2. The number of halogens is 1. The molecule has 1 aromatic rings. The predicted octanol–water partition coefficient (Wildman–Crippen LogP) is 1.70. The SMILES string of the molecule is COC(=O)CCCS(=O)(=O)Nc1cc(C#N)cc(F)c1C. The molecule has 0 atom stereocenters. The third-order valence-corrected chi connectivity index (χ3v) is 4.12. The molecule has 0 saturated carbocycles. The summed E-state index contributed by atoms with van der Waals surface area (Å²) in [7, 11) is -2.52. The number of anilines is 1. The van der Waals surface area contributed by atoms with Gasteiger partial charge in [0.15, 0.2) is 0 Å². The molecule has 8 heteroatoms. The lowest BCUT2D eigenvalue weighted by Gasteiger charge is -2.11. The van der Waals surface area contributed by atoms with E-state index in [1.165, 1.54) is 20.1 Å². The summed E-state index contributed by atoms with van der Waals surface area (Å²) in [6.45, 7) is 1.41. The fourth-order valence-electron chi connectivity index (χ4n) is 1.58. The quantitative estimate of drug-likeness (QED) is 0.806. The maximum atomic E-state index is 13.6. The minimum Gasteiger partial charge on any atom is -0.469 e. The van der Waals surface area contributed by atoms with Gasteiger partial charge in [0.25, 0.3) is 0 Å². The van der Waals surface area contributed by atoms with Crippen LogP contribution >= 0.6 is 0 Å². The summed E-state index contributed by atoms with van der Waals surface area (Å²) in [5.41, 5.74) is 0.139. The van der Waals surface area contributed by atoms with Gasteiger partial charge in [-0.15, -0.1) is 0 Å². The number of ether oxygens (including phenoxy) is 1. The molecule has 1 aromatic carbocycles. The lowest BCUT2D eigenvalue weighted by Crippen LogP contribution is -2.18. The molecule has 1 rings (SSSR count). The van der Waals surface area contributed by atoms with Crippen molar-refractivity contribution in [1.29, 1.82) is 5.26 Å². The highest BCUT2D eigenvalue weighted by Crippen LogP contribution is 2.21. The second kappa shape index (κ2) is 7.04. The number of nitrogens with zero attached hydrogens (tertiary/aromatic N) is 1. The van der Waals surface area contributed by atoms with Crippen LogP contribution in [0.5, 0.6) is 0 Å². The maximum absolute atomic E-state index is 13.6. The van der Waals surface area contributed by atoms with Crippen molar-refractivity contribution < 1.29 is 22.3 Å². The van der Waals surface area contributed by atoms with E-state index in [0.29, 0.717) is 0 Å². The first-order valence-corrected chi connectivity index (χ1v) is 7.72. The van der Waals surface area contributed by atoms with E-state index in [0.717, 1.165) is 6.07 Å². The highest BCUT2D eigenvalue weighted by Gasteiger charge is 2.15. The third kappa shape index (κ3) is 5.04. The molecule has 21 heavy (non-hydrogen) atoms. The first-order chi connectivity index (χ1) is 9.79. The zero-order valence-corrected chi connectivity index (χ0v) is 12.5. The van der Waals surface area contributed by atoms with E-state index in [1.807, 2.05) is 0 Å². The van der Waals surface area contributed by atoms with Crippen molar-refractivity contribution in [2.24, 2.45) is 0 Å². The molecule has 0 bridgehead atoms. The van der Waals surface area contributed by atoms with Crippen LogP contribution in [0.25, 0.3) is 0 Å². The van der Waals surface area contributed by atoms with E-state index in [2.05, 4.69) is 9.46 Å². The Hall–Kier alpha value is -2.14. The van der Waals surface area contributed by atoms with Crippen LogP contribution in [0.15, 0.2) is 12.1 Å². The molecule has 0 amide bonds. The summed E-state index contributed by atoms with van der Waals surface area (Å²) in [5, 5.41) is 8.76. The number of carbonyl (C=O) groups is 1. The van der Waals surface area contributed by atoms with Crippen molar-refractivity contribution in [3.63, 3.8) is 0 Å². The van der Waals surface area contributed by atoms with E-state index in [1.54, 1.807) is 6.07 Å². The first-order valence-electron chi connectivity index (χ1n) is 6.06. The first kappa shape index (κ1) is 16.9. The van der Waals surface area contributed by atoms with Gasteiger partial charge in [0.05, 0.1) is 30.2 Å². The van der Waals surface area contributed by atoms with Crippen molar-refractivity contribution in [3.8, 4) is 6.07 Å². The molecule has 0 aliphatic rings. The number of carbonyl (C=O) groups excluding carboxylic acids is 1. The van der Waals surface area contributed by atoms with E-state index in [9.17, 15) is 17.6 Å². The number of nitriles is 1. The van der Waals surface area contributed by atoms with Crippen LogP contribution in [0.2, 0.25) is 0 Å². The van der Waals surface area contributed by atoms with Crippen LogP contribution in [-0.2, 0) is 19.6 Å². The third-order valence-electron chi connectivity index (χ3n) is 2.76. The van der Waals surface area contributed by atoms with Gasteiger partial charge < -0.3 is 4.74 Å². The molecular weight excluding hydrogens is 299 g/mol. The zero-order valence-electron chi connectivity index (χ0n) is 11.6. The largest absolute Gasteiger partial charge is 0.469 e. The topological polar surface area (TPSA) is 96.3 Å². The molecule has 0 unspecified atom stereocenters. The van der Waals surface area contributed by atoms with Crippen LogP contribution in [0.1, 0.15) is 24.0 Å². The Bertz CT molecular complexity index is 680. The molecule has 0 saturated heterocycles. The van der Waals surface area contributed by atoms with Crippen LogP contribution < -0.4 is 4.72 Å².